The number of carbonyl (C=O) groups excluding carboxylic acids is 1. The minimum atomic E-state index is -0.625. The lowest BCUT2D eigenvalue weighted by atomic mass is 10.2. The van der Waals surface area contributed by atoms with Gasteiger partial charge in [-0.15, -0.1) is 0 Å². The van der Waals surface area contributed by atoms with Gasteiger partial charge in [0.05, 0.1) is 4.92 Å². The molecule has 0 aliphatic carbocycles. The second-order valence-electron chi connectivity index (χ2n) is 3.48. The molecule has 0 fully saturated rings. The number of nitro groups is 1. The van der Waals surface area contributed by atoms with Crippen LogP contribution < -0.4 is 5.32 Å². The van der Waals surface area contributed by atoms with Gasteiger partial charge < -0.3 is 9.73 Å². The Morgan fingerprint density at radius 3 is 2.68 bits per heavy atom. The Morgan fingerprint density at radius 2 is 2.11 bits per heavy atom. The molecule has 2 rings (SSSR count). The summed E-state index contributed by atoms with van der Waals surface area (Å²) < 4.78 is 5.44. The largest absolute Gasteiger partial charge is 0.444 e. The summed E-state index contributed by atoms with van der Waals surface area (Å²) in [6, 6.07) is 6.96. The minimum absolute atomic E-state index is 0.0381. The zero-order valence-corrected chi connectivity index (χ0v) is 11.6. The highest BCUT2D eigenvalue weighted by Gasteiger charge is 2.18. The summed E-state index contributed by atoms with van der Waals surface area (Å²) >= 11 is 8.74. The van der Waals surface area contributed by atoms with Gasteiger partial charge in [0.15, 0.2) is 10.4 Å². The van der Waals surface area contributed by atoms with Crippen molar-refractivity contribution in [1.82, 2.24) is 0 Å². The van der Waals surface area contributed by atoms with Gasteiger partial charge in [0.2, 0.25) is 0 Å². The molecule has 1 aromatic heterocycles. The molecule has 0 saturated carbocycles. The first-order valence-electron chi connectivity index (χ1n) is 4.98. The molecule has 0 aliphatic heterocycles. The van der Waals surface area contributed by atoms with Crippen molar-refractivity contribution in [3.8, 4) is 0 Å². The number of nitrogens with zero attached hydrogens (tertiary/aromatic N) is 1. The van der Waals surface area contributed by atoms with E-state index in [1.165, 1.54) is 18.2 Å². The number of hydrogen-bond acceptors (Lipinski definition) is 4. The summed E-state index contributed by atoms with van der Waals surface area (Å²) in [5.74, 6) is -0.549. The average Bonchev–Trinajstić information content (AvgIpc) is 2.78. The van der Waals surface area contributed by atoms with E-state index in [-0.39, 0.29) is 22.2 Å². The van der Waals surface area contributed by atoms with Gasteiger partial charge in [0.25, 0.3) is 11.6 Å². The summed E-state index contributed by atoms with van der Waals surface area (Å²) in [6.45, 7) is 0. The van der Waals surface area contributed by atoms with E-state index in [1.54, 1.807) is 6.07 Å². The molecule has 0 radical (unpaired) electrons. The van der Waals surface area contributed by atoms with Gasteiger partial charge in [0.1, 0.15) is 5.69 Å². The van der Waals surface area contributed by atoms with Crippen molar-refractivity contribution in [2.24, 2.45) is 0 Å². The smallest absolute Gasteiger partial charge is 0.294 e. The van der Waals surface area contributed by atoms with Crippen LogP contribution in [0.2, 0.25) is 5.02 Å². The average molecular weight is 346 g/mol. The standard InChI is InChI=1S/C11H6BrClN2O4/c12-10-4-3-9(19-10)11(16)14-7-2-1-6(13)5-8(7)15(17)18/h1-5H,(H,14,16). The lowest BCUT2D eigenvalue weighted by Crippen LogP contribution is -2.12. The van der Waals surface area contributed by atoms with Crippen LogP contribution in [0.1, 0.15) is 10.6 Å². The van der Waals surface area contributed by atoms with Gasteiger partial charge in [-0.05, 0) is 40.2 Å². The Balaban J connectivity index is 2.28. The Morgan fingerprint density at radius 1 is 1.37 bits per heavy atom. The van der Waals surface area contributed by atoms with Crippen LogP contribution in [0.5, 0.6) is 0 Å². The molecule has 0 spiro atoms. The second-order valence-corrected chi connectivity index (χ2v) is 4.69. The van der Waals surface area contributed by atoms with Crippen molar-refractivity contribution >= 4 is 44.8 Å². The molecule has 8 heteroatoms. The number of amides is 1. The van der Waals surface area contributed by atoms with Crippen molar-refractivity contribution in [3.63, 3.8) is 0 Å². The number of rotatable bonds is 3. The van der Waals surface area contributed by atoms with Crippen LogP contribution in [0, 0.1) is 10.1 Å². The first kappa shape index (κ1) is 13.6. The molecule has 6 nitrogen and oxygen atoms in total. The quantitative estimate of drug-likeness (QED) is 0.676. The highest BCUT2D eigenvalue weighted by atomic mass is 79.9. The van der Waals surface area contributed by atoms with Crippen molar-refractivity contribution in [2.75, 3.05) is 5.32 Å². The number of nitro benzene ring substituents is 1. The van der Waals surface area contributed by atoms with Gasteiger partial charge in [-0.1, -0.05) is 11.6 Å². The number of anilines is 1. The fourth-order valence-electron chi connectivity index (χ4n) is 1.38. The molecule has 2 aromatic rings. The van der Waals surface area contributed by atoms with Gasteiger partial charge in [-0.2, -0.15) is 0 Å². The lowest BCUT2D eigenvalue weighted by Gasteiger charge is -2.04. The van der Waals surface area contributed by atoms with Crippen molar-refractivity contribution in [3.05, 3.63) is 55.9 Å². The topological polar surface area (TPSA) is 85.4 Å². The number of furan rings is 1. The van der Waals surface area contributed by atoms with E-state index in [9.17, 15) is 14.9 Å². The summed E-state index contributed by atoms with van der Waals surface area (Å²) in [4.78, 5) is 22.0. The Labute approximate surface area is 120 Å². The van der Waals surface area contributed by atoms with Gasteiger partial charge in [0, 0.05) is 11.1 Å². The molecule has 0 saturated heterocycles. The normalized spacial score (nSPS) is 10.2. The van der Waals surface area contributed by atoms with Crippen molar-refractivity contribution < 1.29 is 14.1 Å². The van der Waals surface area contributed by atoms with Crippen LogP contribution in [0.15, 0.2) is 39.4 Å². The molecule has 1 N–H and O–H groups in total. The van der Waals surface area contributed by atoms with E-state index in [4.69, 9.17) is 16.0 Å². The number of benzene rings is 1. The molecule has 0 aliphatic rings. The maximum Gasteiger partial charge on any atom is 0.294 e. The second kappa shape index (κ2) is 5.41. The maximum atomic E-state index is 11.8. The van der Waals surface area contributed by atoms with Crippen molar-refractivity contribution in [2.45, 2.75) is 0 Å². The van der Waals surface area contributed by atoms with Gasteiger partial charge in [-0.3, -0.25) is 14.9 Å². The molecule has 0 unspecified atom stereocenters. The maximum absolute atomic E-state index is 11.8. The zero-order valence-electron chi connectivity index (χ0n) is 9.22. The molecule has 19 heavy (non-hydrogen) atoms. The Hall–Kier alpha value is -1.86. The number of halogens is 2. The monoisotopic (exact) mass is 344 g/mol. The summed E-state index contributed by atoms with van der Waals surface area (Å²) in [6.07, 6.45) is 0. The highest BCUT2D eigenvalue weighted by molar-refractivity contribution is 9.10. The summed E-state index contributed by atoms with van der Waals surface area (Å²) in [5, 5.41) is 13.5. The van der Waals surface area contributed by atoms with E-state index in [2.05, 4.69) is 21.2 Å². The third kappa shape index (κ3) is 3.12. The third-order valence-corrected chi connectivity index (χ3v) is 2.86. The molecule has 0 atom stereocenters. The van der Waals surface area contributed by atoms with Crippen LogP contribution in [-0.4, -0.2) is 10.8 Å². The molecule has 1 heterocycles. The number of carbonyl (C=O) groups is 1. The fraction of sp³-hybridized carbons (Fsp3) is 0. The first-order chi connectivity index (χ1) is 8.97. The predicted octanol–water partition coefficient (Wildman–Crippen LogP) is 3.86. The molecule has 0 bridgehead atoms. The van der Waals surface area contributed by atoms with Crippen LogP contribution in [0.25, 0.3) is 0 Å². The first-order valence-corrected chi connectivity index (χ1v) is 6.15. The highest BCUT2D eigenvalue weighted by Crippen LogP contribution is 2.28. The third-order valence-electron chi connectivity index (χ3n) is 2.20. The molecular weight excluding hydrogens is 339 g/mol. The number of hydrogen-bond donors (Lipinski definition) is 1. The van der Waals surface area contributed by atoms with E-state index in [0.29, 0.717) is 4.67 Å². The summed E-state index contributed by atoms with van der Waals surface area (Å²) in [5.41, 5.74) is -0.238. The number of nitrogens with one attached hydrogen (secondary N) is 1. The van der Waals surface area contributed by atoms with Crippen LogP contribution in [0.3, 0.4) is 0 Å². The lowest BCUT2D eigenvalue weighted by molar-refractivity contribution is -0.383. The Kier molecular flexibility index (Phi) is 3.87. The zero-order chi connectivity index (χ0) is 14.0. The van der Waals surface area contributed by atoms with Gasteiger partial charge in [-0.25, -0.2) is 0 Å². The van der Waals surface area contributed by atoms with Crippen molar-refractivity contribution in [1.29, 1.82) is 0 Å². The molecule has 98 valence electrons. The van der Waals surface area contributed by atoms with Gasteiger partial charge >= 0.3 is 0 Å². The summed E-state index contributed by atoms with van der Waals surface area (Å²) in [7, 11) is 0. The molecule has 1 aromatic carbocycles. The van der Waals surface area contributed by atoms with Crippen LogP contribution >= 0.6 is 27.5 Å². The van der Waals surface area contributed by atoms with E-state index >= 15 is 0 Å². The van der Waals surface area contributed by atoms with E-state index < -0.39 is 10.8 Å². The van der Waals surface area contributed by atoms with Crippen LogP contribution in [0.4, 0.5) is 11.4 Å². The Bertz CT molecular complexity index is 656. The van der Waals surface area contributed by atoms with E-state index in [0.717, 1.165) is 6.07 Å². The molecule has 1 amide bonds. The SMILES string of the molecule is O=C(Nc1ccc(Cl)cc1[N+](=O)[O-])c1ccc(Br)o1. The van der Waals surface area contributed by atoms with E-state index in [1.807, 2.05) is 0 Å². The fourth-order valence-corrected chi connectivity index (χ4v) is 1.85. The molecular formula is C11H6BrClN2O4. The minimum Gasteiger partial charge on any atom is -0.444 e. The van der Waals surface area contributed by atoms with Crippen LogP contribution in [-0.2, 0) is 0 Å². The predicted molar refractivity (Wildman–Crippen MR) is 72.5 cm³/mol.